The van der Waals surface area contributed by atoms with Gasteiger partial charge in [0.2, 0.25) is 11.8 Å². The monoisotopic (exact) mass is 492 g/mol. The summed E-state index contributed by atoms with van der Waals surface area (Å²) in [5.41, 5.74) is 0.328. The molecule has 0 unspecified atom stereocenters. The molecule has 1 fully saturated rings. The molecule has 0 spiro atoms. The maximum Gasteiger partial charge on any atom is 0.274 e. The molecule has 3 heterocycles. The van der Waals surface area contributed by atoms with Gasteiger partial charge in [0.25, 0.3) is 5.91 Å². The van der Waals surface area contributed by atoms with Crippen LogP contribution in [0.4, 0.5) is 5.69 Å². The molecule has 9 nitrogen and oxygen atoms in total. The number of carbonyl (C=O) groups is 3. The Morgan fingerprint density at radius 2 is 1.97 bits per heavy atom. The summed E-state index contributed by atoms with van der Waals surface area (Å²) in [7, 11) is 1.57. The standard InChI is InChI=1S/C27H32N4O5/c1-17(32)28-23-21-14-19(35-3)11-12-22(21)30-16-27(2,26(34)29-18-8-5-4-6-9-18)31(25(33)24(23)30)15-20-10-7-13-36-20/h7,10-14,18H,4-6,8-9,15-16H2,1-3H3,(H,28,32)(H,29,34)/t27-/m0/s1. The highest BCUT2D eigenvalue weighted by atomic mass is 16.5. The first-order chi connectivity index (χ1) is 17.3. The van der Waals surface area contributed by atoms with Gasteiger partial charge >= 0.3 is 0 Å². The number of hydrogen-bond acceptors (Lipinski definition) is 5. The Bertz CT molecular complexity index is 1310. The molecule has 1 saturated carbocycles. The average molecular weight is 493 g/mol. The van der Waals surface area contributed by atoms with E-state index < -0.39 is 5.54 Å². The van der Waals surface area contributed by atoms with E-state index in [-0.39, 0.29) is 36.9 Å². The van der Waals surface area contributed by atoms with Crippen LogP contribution in [-0.2, 0) is 22.7 Å². The van der Waals surface area contributed by atoms with Gasteiger partial charge in [-0.15, -0.1) is 0 Å². The molecule has 36 heavy (non-hydrogen) atoms. The van der Waals surface area contributed by atoms with Crippen molar-refractivity contribution in [3.8, 4) is 5.75 Å². The number of anilines is 1. The zero-order chi connectivity index (χ0) is 25.4. The van der Waals surface area contributed by atoms with E-state index in [1.54, 1.807) is 36.5 Å². The lowest BCUT2D eigenvalue weighted by molar-refractivity contribution is -0.134. The second-order valence-corrected chi connectivity index (χ2v) is 9.93. The highest BCUT2D eigenvalue weighted by molar-refractivity contribution is 6.14. The molecule has 1 aromatic carbocycles. The molecule has 2 aliphatic rings. The summed E-state index contributed by atoms with van der Waals surface area (Å²) >= 11 is 0. The van der Waals surface area contributed by atoms with E-state index in [1.807, 2.05) is 23.6 Å². The minimum atomic E-state index is -1.17. The van der Waals surface area contributed by atoms with Crippen molar-refractivity contribution in [3.05, 3.63) is 48.0 Å². The van der Waals surface area contributed by atoms with Crippen LogP contribution in [0.1, 0.15) is 62.2 Å². The number of amides is 3. The van der Waals surface area contributed by atoms with Crippen molar-refractivity contribution in [3.63, 3.8) is 0 Å². The zero-order valence-corrected chi connectivity index (χ0v) is 20.9. The Morgan fingerprint density at radius 3 is 2.64 bits per heavy atom. The van der Waals surface area contributed by atoms with Gasteiger partial charge in [0.05, 0.1) is 37.7 Å². The lowest BCUT2D eigenvalue weighted by atomic mass is 9.91. The van der Waals surface area contributed by atoms with Gasteiger partial charge in [-0.3, -0.25) is 14.4 Å². The van der Waals surface area contributed by atoms with Gasteiger partial charge in [-0.05, 0) is 50.1 Å². The summed E-state index contributed by atoms with van der Waals surface area (Å²) in [5, 5.41) is 6.76. The lowest BCUT2D eigenvalue weighted by Gasteiger charge is -2.44. The number of nitrogens with one attached hydrogen (secondary N) is 2. The molecule has 3 aromatic rings. The Hall–Kier alpha value is -3.75. The smallest absolute Gasteiger partial charge is 0.274 e. The normalized spacial score (nSPS) is 20.3. The van der Waals surface area contributed by atoms with Gasteiger partial charge in [0.1, 0.15) is 22.7 Å². The SMILES string of the molecule is COc1ccc2c(c1)c(NC(C)=O)c1n2C[C@@](C)(C(=O)NC2CCCCC2)N(Cc2ccco2)C1=O. The predicted octanol–water partition coefficient (Wildman–Crippen LogP) is 4.06. The molecule has 9 heteroatoms. The van der Waals surface area contributed by atoms with E-state index in [0.717, 1.165) is 31.2 Å². The molecule has 1 aliphatic carbocycles. The number of fused-ring (bicyclic) bond motifs is 3. The lowest BCUT2D eigenvalue weighted by Crippen LogP contribution is -2.64. The molecular weight excluding hydrogens is 460 g/mol. The quantitative estimate of drug-likeness (QED) is 0.540. The van der Waals surface area contributed by atoms with E-state index in [1.165, 1.54) is 13.3 Å². The van der Waals surface area contributed by atoms with Crippen molar-refractivity contribution in [2.45, 2.75) is 70.6 Å². The van der Waals surface area contributed by atoms with E-state index >= 15 is 0 Å². The van der Waals surface area contributed by atoms with Gasteiger partial charge in [0.15, 0.2) is 0 Å². The first-order valence-electron chi connectivity index (χ1n) is 12.4. The van der Waals surface area contributed by atoms with Crippen LogP contribution in [0.25, 0.3) is 10.9 Å². The van der Waals surface area contributed by atoms with Crippen LogP contribution in [0.15, 0.2) is 41.0 Å². The fourth-order valence-electron chi connectivity index (χ4n) is 5.48. The van der Waals surface area contributed by atoms with Crippen LogP contribution < -0.4 is 15.4 Å². The number of nitrogens with zero attached hydrogens (tertiary/aromatic N) is 2. The Kier molecular flexibility index (Phi) is 6.24. The number of ether oxygens (including phenoxy) is 1. The maximum absolute atomic E-state index is 14.2. The number of benzene rings is 1. The first kappa shape index (κ1) is 24.0. The second-order valence-electron chi connectivity index (χ2n) is 9.93. The number of carbonyl (C=O) groups excluding carboxylic acids is 3. The van der Waals surface area contributed by atoms with E-state index in [9.17, 15) is 14.4 Å². The number of rotatable bonds is 6. The number of aromatic nitrogens is 1. The second kappa shape index (κ2) is 9.37. The number of hydrogen-bond donors (Lipinski definition) is 2. The van der Waals surface area contributed by atoms with Crippen LogP contribution in [0.2, 0.25) is 0 Å². The van der Waals surface area contributed by atoms with Crippen molar-refractivity contribution in [1.29, 1.82) is 0 Å². The third kappa shape index (κ3) is 4.12. The van der Waals surface area contributed by atoms with Crippen molar-refractivity contribution < 1.29 is 23.5 Å². The molecule has 5 rings (SSSR count). The molecule has 1 aliphatic heterocycles. The van der Waals surface area contributed by atoms with Gasteiger partial charge in [-0.25, -0.2) is 0 Å². The van der Waals surface area contributed by atoms with E-state index in [0.29, 0.717) is 28.3 Å². The Morgan fingerprint density at radius 1 is 1.19 bits per heavy atom. The number of methoxy groups -OCH3 is 1. The van der Waals surface area contributed by atoms with Crippen LogP contribution >= 0.6 is 0 Å². The summed E-state index contributed by atoms with van der Waals surface area (Å²) < 4.78 is 12.8. The molecule has 0 radical (unpaired) electrons. The fraction of sp³-hybridized carbons (Fsp3) is 0.444. The van der Waals surface area contributed by atoms with Crippen LogP contribution in [-0.4, -0.2) is 45.9 Å². The van der Waals surface area contributed by atoms with E-state index in [4.69, 9.17) is 9.15 Å². The fourth-order valence-corrected chi connectivity index (χ4v) is 5.48. The molecular formula is C27H32N4O5. The van der Waals surface area contributed by atoms with E-state index in [2.05, 4.69) is 10.6 Å². The molecule has 0 bridgehead atoms. The van der Waals surface area contributed by atoms with Gasteiger partial charge in [0, 0.05) is 18.4 Å². The highest BCUT2D eigenvalue weighted by Gasteiger charge is 2.49. The van der Waals surface area contributed by atoms with Crippen LogP contribution in [0.3, 0.4) is 0 Å². The largest absolute Gasteiger partial charge is 0.497 e. The van der Waals surface area contributed by atoms with Crippen molar-refractivity contribution in [2.24, 2.45) is 0 Å². The zero-order valence-electron chi connectivity index (χ0n) is 20.9. The molecule has 2 aromatic heterocycles. The molecule has 190 valence electrons. The third-order valence-electron chi connectivity index (χ3n) is 7.40. The van der Waals surface area contributed by atoms with Crippen molar-refractivity contribution in [2.75, 3.05) is 12.4 Å². The van der Waals surface area contributed by atoms with Gasteiger partial charge in [-0.2, -0.15) is 0 Å². The minimum absolute atomic E-state index is 0.102. The van der Waals surface area contributed by atoms with Crippen molar-refractivity contribution in [1.82, 2.24) is 14.8 Å². The molecule has 3 amide bonds. The predicted molar refractivity (Wildman–Crippen MR) is 135 cm³/mol. The first-order valence-corrected chi connectivity index (χ1v) is 12.4. The van der Waals surface area contributed by atoms with Crippen LogP contribution in [0.5, 0.6) is 5.75 Å². The average Bonchev–Trinajstić information content (AvgIpc) is 3.48. The van der Waals surface area contributed by atoms with Gasteiger partial charge in [-0.1, -0.05) is 19.3 Å². The Labute approximate surface area is 209 Å². The Balaban J connectivity index is 1.64. The summed E-state index contributed by atoms with van der Waals surface area (Å²) in [5.74, 6) is 0.359. The van der Waals surface area contributed by atoms with Gasteiger partial charge < -0.3 is 29.3 Å². The minimum Gasteiger partial charge on any atom is -0.497 e. The molecule has 2 N–H and O–H groups in total. The number of furan rings is 1. The third-order valence-corrected chi connectivity index (χ3v) is 7.40. The van der Waals surface area contributed by atoms with Crippen molar-refractivity contribution >= 4 is 34.3 Å². The summed E-state index contributed by atoms with van der Waals surface area (Å²) in [6, 6.07) is 9.12. The summed E-state index contributed by atoms with van der Waals surface area (Å²) in [6.07, 6.45) is 6.79. The topological polar surface area (TPSA) is 106 Å². The summed E-state index contributed by atoms with van der Waals surface area (Å²) in [6.45, 7) is 3.58. The highest BCUT2D eigenvalue weighted by Crippen LogP contribution is 2.40. The molecule has 0 saturated heterocycles. The molecule has 1 atom stereocenters. The maximum atomic E-state index is 14.2. The van der Waals surface area contributed by atoms with Crippen LogP contribution in [0, 0.1) is 0 Å². The summed E-state index contributed by atoms with van der Waals surface area (Å²) in [4.78, 5) is 41.8.